The molecule has 1 aromatic carbocycles. The molecular formula is C10H11NO4. The van der Waals surface area contributed by atoms with E-state index in [0.29, 0.717) is 5.56 Å². The smallest absolute Gasteiger partial charge is 0.357 e. The SMILES string of the molecule is COC(=O)c1c(C)cccc1C(=O)ON. The first kappa shape index (κ1) is 11.2. The fourth-order valence-corrected chi connectivity index (χ4v) is 1.27. The van der Waals surface area contributed by atoms with E-state index in [2.05, 4.69) is 9.57 Å². The zero-order valence-corrected chi connectivity index (χ0v) is 8.44. The fraction of sp³-hybridized carbons (Fsp3) is 0.200. The van der Waals surface area contributed by atoms with Gasteiger partial charge in [0.1, 0.15) is 0 Å². The van der Waals surface area contributed by atoms with E-state index in [0.717, 1.165) is 0 Å². The highest BCUT2D eigenvalue weighted by molar-refractivity contribution is 6.04. The summed E-state index contributed by atoms with van der Waals surface area (Å²) in [4.78, 5) is 26.7. The fourth-order valence-electron chi connectivity index (χ4n) is 1.27. The largest absolute Gasteiger partial charge is 0.465 e. The molecule has 0 saturated heterocycles. The van der Waals surface area contributed by atoms with Crippen LogP contribution >= 0.6 is 0 Å². The lowest BCUT2D eigenvalue weighted by molar-refractivity contribution is 0.0484. The highest BCUT2D eigenvalue weighted by Gasteiger charge is 2.20. The number of carbonyl (C=O) groups excluding carboxylic acids is 2. The van der Waals surface area contributed by atoms with Gasteiger partial charge in [-0.15, -0.1) is 0 Å². The van der Waals surface area contributed by atoms with Crippen LogP contribution in [0.15, 0.2) is 18.2 Å². The van der Waals surface area contributed by atoms with Crippen LogP contribution in [-0.4, -0.2) is 19.0 Å². The van der Waals surface area contributed by atoms with Crippen molar-refractivity contribution in [2.45, 2.75) is 6.92 Å². The molecule has 5 heteroatoms. The normalized spacial score (nSPS) is 9.53. The zero-order valence-electron chi connectivity index (χ0n) is 8.44. The van der Waals surface area contributed by atoms with Gasteiger partial charge in [-0.3, -0.25) is 0 Å². The maximum atomic E-state index is 11.4. The van der Waals surface area contributed by atoms with Crippen molar-refractivity contribution in [2.75, 3.05) is 7.11 Å². The topological polar surface area (TPSA) is 78.6 Å². The Morgan fingerprint density at radius 2 is 1.93 bits per heavy atom. The molecule has 0 aliphatic heterocycles. The monoisotopic (exact) mass is 209 g/mol. The van der Waals surface area contributed by atoms with Crippen molar-refractivity contribution < 1.29 is 19.2 Å². The van der Waals surface area contributed by atoms with Crippen molar-refractivity contribution in [2.24, 2.45) is 5.90 Å². The van der Waals surface area contributed by atoms with Crippen LogP contribution in [0.2, 0.25) is 0 Å². The lowest BCUT2D eigenvalue weighted by atomic mass is 10.0. The summed E-state index contributed by atoms with van der Waals surface area (Å²) >= 11 is 0. The number of nitrogens with two attached hydrogens (primary N) is 1. The summed E-state index contributed by atoms with van der Waals surface area (Å²) in [6.45, 7) is 1.69. The maximum absolute atomic E-state index is 11.4. The van der Waals surface area contributed by atoms with Crippen LogP contribution in [-0.2, 0) is 9.57 Å². The number of hydrogen-bond acceptors (Lipinski definition) is 5. The molecule has 1 rings (SSSR count). The number of benzene rings is 1. The minimum Gasteiger partial charge on any atom is -0.465 e. The maximum Gasteiger partial charge on any atom is 0.357 e. The van der Waals surface area contributed by atoms with Gasteiger partial charge in [0.05, 0.1) is 18.2 Å². The Morgan fingerprint density at radius 3 is 2.47 bits per heavy atom. The van der Waals surface area contributed by atoms with Crippen LogP contribution in [0.5, 0.6) is 0 Å². The van der Waals surface area contributed by atoms with Gasteiger partial charge >= 0.3 is 11.9 Å². The van der Waals surface area contributed by atoms with Gasteiger partial charge in [-0.1, -0.05) is 12.1 Å². The second kappa shape index (κ2) is 4.56. The molecule has 15 heavy (non-hydrogen) atoms. The Balaban J connectivity index is 3.32. The van der Waals surface area contributed by atoms with E-state index in [1.165, 1.54) is 13.2 Å². The second-order valence-corrected chi connectivity index (χ2v) is 2.89. The van der Waals surface area contributed by atoms with Gasteiger partial charge in [-0.2, -0.15) is 5.90 Å². The van der Waals surface area contributed by atoms with Crippen LogP contribution in [0.25, 0.3) is 0 Å². The van der Waals surface area contributed by atoms with Crippen LogP contribution in [0.3, 0.4) is 0 Å². The number of esters is 1. The summed E-state index contributed by atoms with van der Waals surface area (Å²) < 4.78 is 4.56. The second-order valence-electron chi connectivity index (χ2n) is 2.89. The van der Waals surface area contributed by atoms with E-state index in [1.807, 2.05) is 0 Å². The van der Waals surface area contributed by atoms with E-state index in [9.17, 15) is 9.59 Å². The Labute approximate surface area is 86.7 Å². The quantitative estimate of drug-likeness (QED) is 0.576. The Bertz CT molecular complexity index is 400. The van der Waals surface area contributed by atoms with E-state index in [4.69, 9.17) is 5.90 Å². The lowest BCUT2D eigenvalue weighted by Crippen LogP contribution is -2.16. The predicted molar refractivity (Wildman–Crippen MR) is 52.1 cm³/mol. The van der Waals surface area contributed by atoms with Crippen molar-refractivity contribution in [1.82, 2.24) is 0 Å². The van der Waals surface area contributed by atoms with Crippen molar-refractivity contribution >= 4 is 11.9 Å². The standard InChI is InChI=1S/C10H11NO4/c1-6-4-3-5-7(9(12)15-11)8(6)10(13)14-2/h3-5H,11H2,1-2H3. The van der Waals surface area contributed by atoms with Crippen molar-refractivity contribution in [1.29, 1.82) is 0 Å². The van der Waals surface area contributed by atoms with Crippen molar-refractivity contribution in [3.05, 3.63) is 34.9 Å². The third-order valence-electron chi connectivity index (χ3n) is 1.99. The first-order valence-corrected chi connectivity index (χ1v) is 4.20. The molecule has 0 bridgehead atoms. The molecule has 0 unspecified atom stereocenters. The third-order valence-corrected chi connectivity index (χ3v) is 1.99. The molecule has 0 spiro atoms. The molecule has 0 atom stereocenters. The van der Waals surface area contributed by atoms with Gasteiger partial charge in [-0.25, -0.2) is 9.59 Å². The van der Waals surface area contributed by atoms with Crippen LogP contribution in [0.1, 0.15) is 26.3 Å². The highest BCUT2D eigenvalue weighted by atomic mass is 16.7. The average molecular weight is 209 g/mol. The van der Waals surface area contributed by atoms with E-state index < -0.39 is 11.9 Å². The number of ether oxygens (including phenoxy) is 1. The summed E-state index contributed by atoms with van der Waals surface area (Å²) in [5.74, 6) is 3.41. The molecule has 0 heterocycles. The van der Waals surface area contributed by atoms with E-state index in [1.54, 1.807) is 19.1 Å². The molecular weight excluding hydrogens is 198 g/mol. The van der Waals surface area contributed by atoms with Gasteiger partial charge in [0.25, 0.3) is 0 Å². The Morgan fingerprint density at radius 1 is 1.27 bits per heavy atom. The van der Waals surface area contributed by atoms with Crippen molar-refractivity contribution in [3.63, 3.8) is 0 Å². The third kappa shape index (κ3) is 2.13. The minimum absolute atomic E-state index is 0.101. The molecule has 0 saturated carbocycles. The molecule has 0 aromatic heterocycles. The predicted octanol–water partition coefficient (Wildman–Crippen LogP) is 0.812. The zero-order chi connectivity index (χ0) is 11.4. The summed E-state index contributed by atoms with van der Waals surface area (Å²) in [6.07, 6.45) is 0. The minimum atomic E-state index is -0.765. The van der Waals surface area contributed by atoms with Gasteiger partial charge in [-0.05, 0) is 18.6 Å². The molecule has 0 aliphatic carbocycles. The molecule has 0 aliphatic rings. The molecule has 0 fully saturated rings. The summed E-state index contributed by atoms with van der Waals surface area (Å²) in [7, 11) is 1.24. The van der Waals surface area contributed by atoms with E-state index in [-0.39, 0.29) is 11.1 Å². The summed E-state index contributed by atoms with van der Waals surface area (Å²) in [6, 6.07) is 4.78. The highest BCUT2D eigenvalue weighted by Crippen LogP contribution is 2.15. The van der Waals surface area contributed by atoms with Crippen LogP contribution in [0, 0.1) is 6.92 Å². The number of aryl methyl sites for hydroxylation is 1. The van der Waals surface area contributed by atoms with Gasteiger partial charge in [0.2, 0.25) is 0 Å². The molecule has 5 nitrogen and oxygen atoms in total. The van der Waals surface area contributed by atoms with Gasteiger partial charge in [0.15, 0.2) is 0 Å². The average Bonchev–Trinajstić information content (AvgIpc) is 2.26. The van der Waals surface area contributed by atoms with Crippen molar-refractivity contribution in [3.8, 4) is 0 Å². The molecule has 80 valence electrons. The number of hydrogen-bond donors (Lipinski definition) is 1. The Kier molecular flexibility index (Phi) is 3.41. The number of methoxy groups -OCH3 is 1. The lowest BCUT2D eigenvalue weighted by Gasteiger charge is -2.07. The van der Waals surface area contributed by atoms with Gasteiger partial charge < -0.3 is 9.57 Å². The molecule has 1 aromatic rings. The first-order valence-electron chi connectivity index (χ1n) is 4.20. The van der Waals surface area contributed by atoms with Crippen LogP contribution in [0.4, 0.5) is 0 Å². The Hall–Kier alpha value is -1.88. The summed E-state index contributed by atoms with van der Waals surface area (Å²) in [5, 5.41) is 0. The van der Waals surface area contributed by atoms with E-state index >= 15 is 0 Å². The van der Waals surface area contributed by atoms with Gasteiger partial charge in [0, 0.05) is 0 Å². The number of rotatable bonds is 2. The first-order chi connectivity index (χ1) is 7.11. The summed E-state index contributed by atoms with van der Waals surface area (Å²) in [5.41, 5.74) is 0.907. The van der Waals surface area contributed by atoms with Crippen LogP contribution < -0.4 is 5.90 Å². The molecule has 0 amide bonds. The molecule has 2 N–H and O–H groups in total. The number of carbonyl (C=O) groups is 2. The molecule has 0 radical (unpaired) electrons.